The molecule has 0 aromatic rings. The monoisotopic (exact) mass is 316 g/mol. The van der Waals surface area contributed by atoms with Crippen LogP contribution in [0.3, 0.4) is 0 Å². The number of hydrogen-bond acceptors (Lipinski definition) is 3. The van der Waals surface area contributed by atoms with E-state index in [4.69, 9.17) is 9.05 Å². The van der Waals surface area contributed by atoms with E-state index in [2.05, 4.69) is 22.6 Å². The molecule has 3 nitrogen and oxygen atoms in total. The van der Waals surface area contributed by atoms with E-state index in [9.17, 15) is 4.89 Å². The first kappa shape index (κ1) is 11.7. The number of halogens is 1. The van der Waals surface area contributed by atoms with Gasteiger partial charge in [-0.3, -0.25) is 0 Å². The predicted octanol–water partition coefficient (Wildman–Crippen LogP) is 2.62. The quantitative estimate of drug-likeness (QED) is 0.552. The van der Waals surface area contributed by atoms with Crippen LogP contribution in [-0.2, 0) is 9.05 Å². The van der Waals surface area contributed by atoms with Crippen molar-refractivity contribution in [1.82, 2.24) is 0 Å². The Morgan fingerprint density at radius 3 is 2.85 bits per heavy atom. The molecule has 13 heavy (non-hydrogen) atoms. The molecule has 76 valence electrons. The lowest BCUT2D eigenvalue weighted by Crippen LogP contribution is -2.16. The standard InChI is InChI=1S/C8H14IO3P/c1-7(9)8-5-3-4-6-13(10,11-2)12-8/h3-6H2,1-2H3/b8-7-. The molecular weight excluding hydrogens is 302 g/mol. The van der Waals surface area contributed by atoms with Crippen LogP contribution in [0.2, 0.25) is 0 Å². The number of rotatable bonds is 1. The molecule has 0 aromatic carbocycles. The molecule has 0 radical (unpaired) electrons. The highest BCUT2D eigenvalue weighted by Crippen LogP contribution is 2.56. The van der Waals surface area contributed by atoms with Gasteiger partial charge in [-0.1, -0.05) is 0 Å². The van der Waals surface area contributed by atoms with Crippen LogP contribution >= 0.6 is 30.5 Å². The second kappa shape index (κ2) is 4.91. The van der Waals surface area contributed by atoms with Gasteiger partial charge < -0.3 is 9.42 Å². The Labute approximate surface area is 93.2 Å². The minimum atomic E-state index is -2.81. The van der Waals surface area contributed by atoms with Crippen molar-refractivity contribution >= 4 is 30.5 Å². The molecule has 0 aliphatic carbocycles. The van der Waals surface area contributed by atoms with Crippen molar-refractivity contribution < 1.29 is 13.9 Å². The molecule has 5 heteroatoms. The second-order valence-corrected chi connectivity index (χ2v) is 6.86. The van der Waals surface area contributed by atoms with Gasteiger partial charge >= 0.3 is 0 Å². The highest BCUT2D eigenvalue weighted by atomic mass is 127. The van der Waals surface area contributed by atoms with E-state index in [1.54, 1.807) is 0 Å². The molecule has 1 rings (SSSR count). The van der Waals surface area contributed by atoms with Gasteiger partial charge in [0.25, 0.3) is 7.94 Å². The molecule has 0 aromatic heterocycles. The van der Waals surface area contributed by atoms with Crippen LogP contribution in [0.5, 0.6) is 0 Å². The van der Waals surface area contributed by atoms with E-state index < -0.39 is 7.94 Å². The van der Waals surface area contributed by atoms with Crippen molar-refractivity contribution in [3.8, 4) is 0 Å². The average molecular weight is 316 g/mol. The fraction of sp³-hybridized carbons (Fsp3) is 0.750. The highest BCUT2D eigenvalue weighted by Gasteiger charge is 2.33. The molecule has 0 spiro atoms. The summed E-state index contributed by atoms with van der Waals surface area (Å²) in [6.07, 6.45) is 3.36. The van der Waals surface area contributed by atoms with Crippen LogP contribution in [0.4, 0.5) is 0 Å². The fourth-order valence-electron chi connectivity index (χ4n) is 1.21. The summed E-state index contributed by atoms with van der Waals surface area (Å²) in [6, 6.07) is 0. The Balaban J connectivity index is 2.77. The summed E-state index contributed by atoms with van der Waals surface area (Å²) in [5.41, 5.74) is 0. The number of hydrogen-bond donors (Lipinski definition) is 0. The third-order valence-electron chi connectivity index (χ3n) is 2.00. The molecule has 1 heterocycles. The van der Waals surface area contributed by atoms with Gasteiger partial charge in [0.2, 0.25) is 0 Å². The molecule has 1 fully saturated rings. The Hall–Kier alpha value is 0.620. The lowest BCUT2D eigenvalue weighted by Gasteiger charge is -2.25. The SMILES string of the molecule is CO[P+]1([O-])CCCC/C(=C(\C)I)O1. The first-order chi connectivity index (χ1) is 6.07. The van der Waals surface area contributed by atoms with Gasteiger partial charge in [0, 0.05) is 10.0 Å². The van der Waals surface area contributed by atoms with Gasteiger partial charge in [-0.15, -0.1) is 0 Å². The molecule has 0 bridgehead atoms. The molecule has 1 aliphatic rings. The summed E-state index contributed by atoms with van der Waals surface area (Å²) in [7, 11) is -1.36. The zero-order valence-electron chi connectivity index (χ0n) is 7.88. The Morgan fingerprint density at radius 2 is 2.31 bits per heavy atom. The lowest BCUT2D eigenvalue weighted by atomic mass is 10.2. The lowest BCUT2D eigenvalue weighted by molar-refractivity contribution is -0.212. The minimum Gasteiger partial charge on any atom is -0.624 e. The molecule has 1 unspecified atom stereocenters. The van der Waals surface area contributed by atoms with E-state index in [1.807, 2.05) is 6.92 Å². The summed E-state index contributed by atoms with van der Waals surface area (Å²) < 4.78 is 11.4. The fourth-order valence-corrected chi connectivity index (χ4v) is 3.29. The average Bonchev–Trinajstić information content (AvgIpc) is 2.28. The zero-order valence-corrected chi connectivity index (χ0v) is 10.9. The van der Waals surface area contributed by atoms with Crippen molar-refractivity contribution in [2.75, 3.05) is 13.3 Å². The van der Waals surface area contributed by atoms with Crippen LogP contribution in [0.25, 0.3) is 0 Å². The second-order valence-electron chi connectivity index (χ2n) is 3.02. The van der Waals surface area contributed by atoms with E-state index in [-0.39, 0.29) is 0 Å². The molecule has 0 saturated carbocycles. The highest BCUT2D eigenvalue weighted by molar-refractivity contribution is 14.1. The summed E-state index contributed by atoms with van der Waals surface area (Å²) >= 11 is 2.19. The van der Waals surface area contributed by atoms with Crippen molar-refractivity contribution in [1.29, 1.82) is 0 Å². The zero-order chi connectivity index (χ0) is 9.90. The Morgan fingerprint density at radius 1 is 1.62 bits per heavy atom. The van der Waals surface area contributed by atoms with Crippen LogP contribution in [-0.4, -0.2) is 13.3 Å². The summed E-state index contributed by atoms with van der Waals surface area (Å²) in [5, 5.41) is 0. The van der Waals surface area contributed by atoms with Crippen LogP contribution in [0, 0.1) is 0 Å². The Kier molecular flexibility index (Phi) is 4.42. The minimum absolute atomic E-state index is 0.539. The maximum Gasteiger partial charge on any atom is 0.283 e. The van der Waals surface area contributed by atoms with E-state index in [0.717, 1.165) is 28.6 Å². The Bertz CT molecular complexity index is 215. The topological polar surface area (TPSA) is 41.5 Å². The molecule has 1 atom stereocenters. The smallest absolute Gasteiger partial charge is 0.283 e. The van der Waals surface area contributed by atoms with E-state index in [0.29, 0.717) is 6.16 Å². The normalized spacial score (nSPS) is 33.5. The van der Waals surface area contributed by atoms with Crippen molar-refractivity contribution in [3.63, 3.8) is 0 Å². The van der Waals surface area contributed by atoms with Crippen molar-refractivity contribution in [3.05, 3.63) is 9.34 Å². The summed E-state index contributed by atoms with van der Waals surface area (Å²) in [6.45, 7) is 1.96. The van der Waals surface area contributed by atoms with Gasteiger partial charge in [0.05, 0.1) is 7.11 Å². The molecule has 0 N–H and O–H groups in total. The third kappa shape index (κ3) is 3.35. The maximum atomic E-state index is 11.9. The molecule has 0 amide bonds. The predicted molar refractivity (Wildman–Crippen MR) is 60.5 cm³/mol. The third-order valence-corrected chi connectivity index (χ3v) is 4.52. The summed E-state index contributed by atoms with van der Waals surface area (Å²) in [4.78, 5) is 11.9. The number of allylic oxidation sites excluding steroid dienone is 2. The molecule has 1 saturated heterocycles. The van der Waals surface area contributed by atoms with E-state index in [1.165, 1.54) is 7.11 Å². The van der Waals surface area contributed by atoms with Gasteiger partial charge in [-0.25, -0.2) is 4.52 Å². The first-order valence-electron chi connectivity index (χ1n) is 4.27. The van der Waals surface area contributed by atoms with Gasteiger partial charge in [-0.2, -0.15) is 0 Å². The van der Waals surface area contributed by atoms with Crippen LogP contribution in [0.1, 0.15) is 26.2 Å². The first-order valence-corrected chi connectivity index (χ1v) is 7.08. The van der Waals surface area contributed by atoms with Gasteiger partial charge in [0.15, 0.2) is 5.76 Å². The van der Waals surface area contributed by atoms with E-state index >= 15 is 0 Å². The van der Waals surface area contributed by atoms with Crippen LogP contribution < -0.4 is 4.89 Å². The maximum absolute atomic E-state index is 11.9. The largest absolute Gasteiger partial charge is 0.624 e. The summed E-state index contributed by atoms with van der Waals surface area (Å²) in [5.74, 6) is 0.836. The molecular formula is C8H14IO3P. The molecule has 1 aliphatic heterocycles. The van der Waals surface area contributed by atoms with Crippen molar-refractivity contribution in [2.24, 2.45) is 0 Å². The van der Waals surface area contributed by atoms with Crippen LogP contribution in [0.15, 0.2) is 9.34 Å². The van der Waals surface area contributed by atoms with Gasteiger partial charge in [0.1, 0.15) is 6.16 Å². The van der Waals surface area contributed by atoms with Gasteiger partial charge in [-0.05, 0) is 42.4 Å². The van der Waals surface area contributed by atoms with Crippen molar-refractivity contribution in [2.45, 2.75) is 26.2 Å².